The van der Waals surface area contributed by atoms with Crippen LogP contribution in [0.2, 0.25) is 0 Å². The van der Waals surface area contributed by atoms with Crippen LogP contribution in [0.3, 0.4) is 0 Å². The smallest absolute Gasteiger partial charge is 0.260 e. The summed E-state index contributed by atoms with van der Waals surface area (Å²) in [5.74, 6) is -1.24. The van der Waals surface area contributed by atoms with Crippen molar-refractivity contribution in [2.45, 2.75) is 25.2 Å². The summed E-state index contributed by atoms with van der Waals surface area (Å²) >= 11 is 0. The van der Waals surface area contributed by atoms with Gasteiger partial charge in [0, 0.05) is 6.42 Å². The monoisotopic (exact) mass is 274 g/mol. The Balaban J connectivity index is 2.72. The fraction of sp³-hybridized carbons (Fsp3) is 0.364. The number of benzene rings is 1. The van der Waals surface area contributed by atoms with Gasteiger partial charge in [-0.3, -0.25) is 10.2 Å². The Hall–Kier alpha value is -1.47. The maximum absolute atomic E-state index is 13.3. The Morgan fingerprint density at radius 2 is 1.94 bits per heavy atom. The standard InChI is InChI=1S/C11H15FN2O3S/c1-8(2)7-11(15)13-14-18(16,17)10-6-4-3-5-9(10)12/h3-6,8,14H,7H2,1-2H3,(H,13,15). The zero-order valence-electron chi connectivity index (χ0n) is 10.1. The van der Waals surface area contributed by atoms with Gasteiger partial charge in [0.05, 0.1) is 0 Å². The highest BCUT2D eigenvalue weighted by molar-refractivity contribution is 7.89. The molecule has 0 heterocycles. The molecule has 0 saturated carbocycles. The largest absolute Gasteiger partial charge is 0.278 e. The van der Waals surface area contributed by atoms with E-state index < -0.39 is 26.6 Å². The fourth-order valence-corrected chi connectivity index (χ4v) is 2.20. The predicted molar refractivity (Wildman–Crippen MR) is 64.3 cm³/mol. The van der Waals surface area contributed by atoms with E-state index in [0.717, 1.165) is 12.1 Å². The van der Waals surface area contributed by atoms with Gasteiger partial charge >= 0.3 is 0 Å². The summed E-state index contributed by atoms with van der Waals surface area (Å²) < 4.78 is 36.6. The lowest BCUT2D eigenvalue weighted by Gasteiger charge is -2.09. The summed E-state index contributed by atoms with van der Waals surface area (Å²) in [4.78, 5) is 12.6. The topological polar surface area (TPSA) is 75.3 Å². The van der Waals surface area contributed by atoms with Crippen LogP contribution in [0, 0.1) is 11.7 Å². The minimum absolute atomic E-state index is 0.1000. The van der Waals surface area contributed by atoms with Gasteiger partial charge in [-0.05, 0) is 18.1 Å². The van der Waals surface area contributed by atoms with Crippen LogP contribution in [-0.2, 0) is 14.8 Å². The van der Waals surface area contributed by atoms with Crippen LogP contribution in [0.4, 0.5) is 4.39 Å². The van der Waals surface area contributed by atoms with E-state index in [4.69, 9.17) is 0 Å². The molecule has 18 heavy (non-hydrogen) atoms. The van der Waals surface area contributed by atoms with Gasteiger partial charge in [-0.2, -0.15) is 0 Å². The van der Waals surface area contributed by atoms with Crippen molar-refractivity contribution in [3.8, 4) is 0 Å². The van der Waals surface area contributed by atoms with Crippen molar-refractivity contribution in [2.24, 2.45) is 5.92 Å². The van der Waals surface area contributed by atoms with Crippen molar-refractivity contribution < 1.29 is 17.6 Å². The molecule has 5 nitrogen and oxygen atoms in total. The first-order valence-electron chi connectivity index (χ1n) is 5.38. The number of sulfonamides is 1. The Morgan fingerprint density at radius 3 is 2.50 bits per heavy atom. The van der Waals surface area contributed by atoms with Crippen molar-refractivity contribution in [3.05, 3.63) is 30.1 Å². The van der Waals surface area contributed by atoms with Crippen molar-refractivity contribution in [3.63, 3.8) is 0 Å². The number of hydrogen-bond acceptors (Lipinski definition) is 3. The van der Waals surface area contributed by atoms with Gasteiger partial charge in [-0.15, -0.1) is 4.83 Å². The van der Waals surface area contributed by atoms with Gasteiger partial charge < -0.3 is 0 Å². The van der Waals surface area contributed by atoms with Crippen LogP contribution in [0.1, 0.15) is 20.3 Å². The third-order valence-electron chi connectivity index (χ3n) is 2.04. The van der Waals surface area contributed by atoms with Crippen LogP contribution in [0.5, 0.6) is 0 Å². The van der Waals surface area contributed by atoms with E-state index in [-0.39, 0.29) is 12.3 Å². The minimum Gasteiger partial charge on any atom is -0.278 e. The number of hydrazine groups is 1. The molecule has 100 valence electrons. The van der Waals surface area contributed by atoms with Gasteiger partial charge in [-0.1, -0.05) is 26.0 Å². The maximum Gasteiger partial charge on any atom is 0.260 e. The molecule has 0 bridgehead atoms. The van der Waals surface area contributed by atoms with Crippen LogP contribution in [0.15, 0.2) is 29.2 Å². The zero-order chi connectivity index (χ0) is 13.8. The third kappa shape index (κ3) is 4.08. The van der Waals surface area contributed by atoms with Gasteiger partial charge in [0.1, 0.15) is 10.7 Å². The molecular formula is C11H15FN2O3S. The summed E-state index contributed by atoms with van der Waals surface area (Å²) in [6.07, 6.45) is 0.180. The Labute approximate surface area is 105 Å². The van der Waals surface area contributed by atoms with E-state index in [9.17, 15) is 17.6 Å². The number of hydrogen-bond donors (Lipinski definition) is 2. The first-order chi connectivity index (χ1) is 8.33. The molecule has 0 aliphatic heterocycles. The van der Waals surface area contributed by atoms with E-state index in [2.05, 4.69) is 0 Å². The van der Waals surface area contributed by atoms with E-state index in [1.165, 1.54) is 12.1 Å². The first kappa shape index (κ1) is 14.6. The zero-order valence-corrected chi connectivity index (χ0v) is 10.9. The van der Waals surface area contributed by atoms with Gasteiger partial charge in [-0.25, -0.2) is 12.8 Å². The molecule has 0 unspecified atom stereocenters. The number of carbonyl (C=O) groups excluding carboxylic acids is 1. The number of amides is 1. The second kappa shape index (κ2) is 5.92. The third-order valence-corrected chi connectivity index (χ3v) is 3.33. The van der Waals surface area contributed by atoms with Crippen LogP contribution in [-0.4, -0.2) is 14.3 Å². The number of halogens is 1. The molecular weight excluding hydrogens is 259 g/mol. The van der Waals surface area contributed by atoms with Crippen molar-refractivity contribution in [2.75, 3.05) is 0 Å². The van der Waals surface area contributed by atoms with Crippen molar-refractivity contribution in [1.29, 1.82) is 0 Å². The summed E-state index contributed by atoms with van der Waals surface area (Å²) in [5.41, 5.74) is 2.04. The lowest BCUT2D eigenvalue weighted by atomic mass is 10.1. The molecule has 1 amide bonds. The number of nitrogens with one attached hydrogen (secondary N) is 2. The Morgan fingerprint density at radius 1 is 1.33 bits per heavy atom. The lowest BCUT2D eigenvalue weighted by molar-refractivity contribution is -0.122. The molecule has 2 N–H and O–H groups in total. The maximum atomic E-state index is 13.3. The first-order valence-corrected chi connectivity index (χ1v) is 6.86. The fourth-order valence-electron chi connectivity index (χ4n) is 1.26. The molecule has 0 spiro atoms. The van der Waals surface area contributed by atoms with E-state index >= 15 is 0 Å². The molecule has 0 fully saturated rings. The molecule has 0 aliphatic rings. The quantitative estimate of drug-likeness (QED) is 0.792. The van der Waals surface area contributed by atoms with Crippen LogP contribution >= 0.6 is 0 Å². The van der Waals surface area contributed by atoms with Crippen LogP contribution in [0.25, 0.3) is 0 Å². The highest BCUT2D eigenvalue weighted by Crippen LogP contribution is 2.12. The summed E-state index contributed by atoms with van der Waals surface area (Å²) in [5, 5.41) is 0. The summed E-state index contributed by atoms with van der Waals surface area (Å²) in [7, 11) is -4.08. The van der Waals surface area contributed by atoms with Crippen LogP contribution < -0.4 is 10.3 Å². The van der Waals surface area contributed by atoms with Gasteiger partial charge in [0.2, 0.25) is 5.91 Å². The van der Waals surface area contributed by atoms with Gasteiger partial charge in [0.15, 0.2) is 0 Å². The van der Waals surface area contributed by atoms with E-state index in [1.807, 2.05) is 24.1 Å². The number of rotatable bonds is 5. The minimum atomic E-state index is -4.08. The summed E-state index contributed by atoms with van der Waals surface area (Å²) in [6.45, 7) is 3.65. The second-order valence-corrected chi connectivity index (χ2v) is 5.83. The molecule has 1 aromatic rings. The number of carbonyl (C=O) groups is 1. The predicted octanol–water partition coefficient (Wildman–Crippen LogP) is 1.18. The van der Waals surface area contributed by atoms with Gasteiger partial charge in [0.25, 0.3) is 10.0 Å². The van der Waals surface area contributed by atoms with Crippen molar-refractivity contribution >= 4 is 15.9 Å². The molecule has 1 aromatic carbocycles. The second-order valence-electron chi connectivity index (χ2n) is 4.18. The summed E-state index contributed by atoms with van der Waals surface area (Å²) in [6, 6.07) is 4.93. The van der Waals surface area contributed by atoms with E-state index in [1.54, 1.807) is 0 Å². The molecule has 7 heteroatoms. The molecule has 0 aliphatic carbocycles. The highest BCUT2D eigenvalue weighted by Gasteiger charge is 2.19. The average Bonchev–Trinajstić information content (AvgIpc) is 2.26. The highest BCUT2D eigenvalue weighted by atomic mass is 32.2. The molecule has 0 atom stereocenters. The van der Waals surface area contributed by atoms with Crippen molar-refractivity contribution in [1.82, 2.24) is 10.3 Å². The molecule has 0 saturated heterocycles. The Kier molecular flexibility index (Phi) is 4.80. The SMILES string of the molecule is CC(C)CC(=O)NNS(=O)(=O)c1ccccc1F. The Bertz CT molecular complexity index is 529. The average molecular weight is 274 g/mol. The lowest BCUT2D eigenvalue weighted by Crippen LogP contribution is -2.42. The molecule has 1 rings (SSSR count). The molecule has 0 radical (unpaired) electrons. The normalized spacial score (nSPS) is 11.6. The van der Waals surface area contributed by atoms with E-state index in [0.29, 0.717) is 0 Å². The molecule has 0 aromatic heterocycles.